The van der Waals surface area contributed by atoms with Gasteiger partial charge in [-0.15, -0.1) is 0 Å². The van der Waals surface area contributed by atoms with E-state index in [-0.39, 0.29) is 10.7 Å². The fourth-order valence-corrected chi connectivity index (χ4v) is 3.46. The maximum atomic E-state index is 13.3. The standard InChI is InChI=1S/C19H17FN2O3S/c1-13-15(12-21-23)11-19(22(13)17-7-5-16(20)6-8-17)14-3-9-18(10-4-14)26(2,24)25/h3-12,23H,1-2H3/b21-12+. The van der Waals surface area contributed by atoms with Crippen molar-refractivity contribution in [2.75, 3.05) is 6.26 Å². The van der Waals surface area contributed by atoms with Crippen molar-refractivity contribution in [2.24, 2.45) is 5.16 Å². The highest BCUT2D eigenvalue weighted by Crippen LogP contribution is 2.29. The third-order valence-electron chi connectivity index (χ3n) is 4.15. The summed E-state index contributed by atoms with van der Waals surface area (Å²) in [6.45, 7) is 1.86. The number of rotatable bonds is 4. The fraction of sp³-hybridized carbons (Fsp3) is 0.105. The Bertz CT molecular complexity index is 1070. The number of hydrogen-bond donors (Lipinski definition) is 1. The van der Waals surface area contributed by atoms with Crippen LogP contribution in [-0.4, -0.2) is 30.7 Å². The molecular formula is C19H17FN2O3S. The van der Waals surface area contributed by atoms with Crippen molar-refractivity contribution in [3.05, 3.63) is 71.7 Å². The molecule has 0 fully saturated rings. The van der Waals surface area contributed by atoms with Crippen LogP contribution < -0.4 is 0 Å². The molecule has 1 N–H and O–H groups in total. The van der Waals surface area contributed by atoms with E-state index in [0.717, 1.165) is 28.9 Å². The SMILES string of the molecule is Cc1c(/C=N/O)cc(-c2ccc(S(C)(=O)=O)cc2)n1-c1ccc(F)cc1. The summed E-state index contributed by atoms with van der Waals surface area (Å²) in [4.78, 5) is 0.231. The second-order valence-electron chi connectivity index (χ2n) is 5.92. The lowest BCUT2D eigenvalue weighted by molar-refractivity contribution is 0.322. The van der Waals surface area contributed by atoms with Gasteiger partial charge >= 0.3 is 0 Å². The average Bonchev–Trinajstić information content (AvgIpc) is 2.92. The van der Waals surface area contributed by atoms with Gasteiger partial charge in [0.2, 0.25) is 0 Å². The first-order valence-electron chi connectivity index (χ1n) is 7.77. The van der Waals surface area contributed by atoms with Crippen molar-refractivity contribution >= 4 is 16.1 Å². The predicted octanol–water partition coefficient (Wildman–Crippen LogP) is 3.80. The van der Waals surface area contributed by atoms with E-state index in [9.17, 15) is 12.8 Å². The van der Waals surface area contributed by atoms with Crippen LogP contribution in [0.15, 0.2) is 64.6 Å². The van der Waals surface area contributed by atoms with Gasteiger partial charge in [0.15, 0.2) is 9.84 Å². The summed E-state index contributed by atoms with van der Waals surface area (Å²) < 4.78 is 38.5. The second kappa shape index (κ2) is 6.76. The molecule has 0 radical (unpaired) electrons. The number of sulfone groups is 1. The molecule has 5 nitrogen and oxygen atoms in total. The fourth-order valence-electron chi connectivity index (χ4n) is 2.83. The Morgan fingerprint density at radius 1 is 1.08 bits per heavy atom. The van der Waals surface area contributed by atoms with E-state index in [1.807, 2.05) is 17.6 Å². The van der Waals surface area contributed by atoms with Gasteiger partial charge in [0, 0.05) is 23.2 Å². The Labute approximate surface area is 150 Å². The van der Waals surface area contributed by atoms with Crippen molar-refractivity contribution in [2.45, 2.75) is 11.8 Å². The molecule has 3 aromatic rings. The molecule has 0 aliphatic carbocycles. The zero-order valence-electron chi connectivity index (χ0n) is 14.2. The summed E-state index contributed by atoms with van der Waals surface area (Å²) in [6, 6.07) is 14.4. The van der Waals surface area contributed by atoms with E-state index in [4.69, 9.17) is 5.21 Å². The maximum Gasteiger partial charge on any atom is 0.175 e. The smallest absolute Gasteiger partial charge is 0.175 e. The number of hydrogen-bond acceptors (Lipinski definition) is 4. The van der Waals surface area contributed by atoms with Crippen molar-refractivity contribution in [3.8, 4) is 16.9 Å². The number of oxime groups is 1. The highest BCUT2D eigenvalue weighted by Gasteiger charge is 2.15. The van der Waals surface area contributed by atoms with E-state index in [0.29, 0.717) is 5.56 Å². The molecule has 26 heavy (non-hydrogen) atoms. The van der Waals surface area contributed by atoms with Crippen LogP contribution >= 0.6 is 0 Å². The summed E-state index contributed by atoms with van der Waals surface area (Å²) in [5.74, 6) is -0.338. The van der Waals surface area contributed by atoms with Crippen LogP contribution in [0.3, 0.4) is 0 Å². The van der Waals surface area contributed by atoms with E-state index in [1.54, 1.807) is 36.4 Å². The Morgan fingerprint density at radius 3 is 2.23 bits per heavy atom. The largest absolute Gasteiger partial charge is 0.411 e. The highest BCUT2D eigenvalue weighted by atomic mass is 32.2. The summed E-state index contributed by atoms with van der Waals surface area (Å²) in [5.41, 5.74) is 3.78. The molecule has 0 spiro atoms. The molecule has 3 rings (SSSR count). The minimum absolute atomic E-state index is 0.231. The molecule has 0 saturated carbocycles. The maximum absolute atomic E-state index is 13.3. The van der Waals surface area contributed by atoms with Gasteiger partial charge in [0.1, 0.15) is 5.82 Å². The molecule has 2 aromatic carbocycles. The van der Waals surface area contributed by atoms with Gasteiger partial charge in [-0.1, -0.05) is 17.3 Å². The monoisotopic (exact) mass is 372 g/mol. The molecule has 7 heteroatoms. The summed E-state index contributed by atoms with van der Waals surface area (Å²) in [6.07, 6.45) is 2.48. The van der Waals surface area contributed by atoms with Crippen LogP contribution in [0.5, 0.6) is 0 Å². The number of aromatic nitrogens is 1. The molecule has 0 atom stereocenters. The number of halogens is 1. The van der Waals surface area contributed by atoms with E-state index < -0.39 is 9.84 Å². The van der Waals surface area contributed by atoms with Crippen molar-refractivity contribution in [3.63, 3.8) is 0 Å². The van der Waals surface area contributed by atoms with Crippen molar-refractivity contribution in [1.82, 2.24) is 4.57 Å². The van der Waals surface area contributed by atoms with Crippen LogP contribution in [0.4, 0.5) is 4.39 Å². The van der Waals surface area contributed by atoms with Gasteiger partial charge in [0.05, 0.1) is 16.8 Å². The topological polar surface area (TPSA) is 71.7 Å². The minimum atomic E-state index is -3.28. The zero-order chi connectivity index (χ0) is 18.9. The molecule has 0 aliphatic rings. The quantitative estimate of drug-likeness (QED) is 0.430. The lowest BCUT2D eigenvalue weighted by atomic mass is 10.1. The average molecular weight is 372 g/mol. The second-order valence-corrected chi connectivity index (χ2v) is 7.94. The Hall–Kier alpha value is -2.93. The third-order valence-corrected chi connectivity index (χ3v) is 5.27. The summed E-state index contributed by atoms with van der Waals surface area (Å²) in [7, 11) is -3.28. The molecular weight excluding hydrogens is 355 g/mol. The summed E-state index contributed by atoms with van der Waals surface area (Å²) >= 11 is 0. The van der Waals surface area contributed by atoms with Crippen LogP contribution in [-0.2, 0) is 9.84 Å². The lowest BCUT2D eigenvalue weighted by Crippen LogP contribution is -2.01. The first kappa shape index (κ1) is 17.9. The highest BCUT2D eigenvalue weighted by molar-refractivity contribution is 7.90. The van der Waals surface area contributed by atoms with Gasteiger partial charge in [-0.3, -0.25) is 0 Å². The third kappa shape index (κ3) is 3.39. The van der Waals surface area contributed by atoms with Crippen molar-refractivity contribution < 1.29 is 18.0 Å². The molecule has 0 amide bonds. The van der Waals surface area contributed by atoms with E-state index >= 15 is 0 Å². The first-order chi connectivity index (χ1) is 12.3. The molecule has 1 aromatic heterocycles. The van der Waals surface area contributed by atoms with Gasteiger partial charge in [0.25, 0.3) is 0 Å². The first-order valence-corrected chi connectivity index (χ1v) is 9.66. The molecule has 0 unspecified atom stereocenters. The van der Waals surface area contributed by atoms with Crippen LogP contribution in [0.2, 0.25) is 0 Å². The zero-order valence-corrected chi connectivity index (χ0v) is 15.0. The number of benzene rings is 2. The van der Waals surface area contributed by atoms with E-state index in [2.05, 4.69) is 5.16 Å². The Balaban J connectivity index is 2.20. The molecule has 1 heterocycles. The van der Waals surface area contributed by atoms with Gasteiger partial charge in [-0.05, 0) is 55.0 Å². The van der Waals surface area contributed by atoms with Crippen LogP contribution in [0.1, 0.15) is 11.3 Å². The molecule has 134 valence electrons. The predicted molar refractivity (Wildman–Crippen MR) is 98.4 cm³/mol. The Kier molecular flexibility index (Phi) is 4.65. The molecule has 0 aliphatic heterocycles. The minimum Gasteiger partial charge on any atom is -0.411 e. The normalized spacial score (nSPS) is 12.0. The molecule has 0 bridgehead atoms. The van der Waals surface area contributed by atoms with Crippen LogP contribution in [0, 0.1) is 12.7 Å². The number of nitrogens with zero attached hydrogens (tertiary/aromatic N) is 2. The lowest BCUT2D eigenvalue weighted by Gasteiger charge is -2.12. The molecule has 0 saturated heterocycles. The van der Waals surface area contributed by atoms with Gasteiger partial charge in [-0.25, -0.2) is 12.8 Å². The van der Waals surface area contributed by atoms with E-state index in [1.165, 1.54) is 18.3 Å². The van der Waals surface area contributed by atoms with Crippen LogP contribution in [0.25, 0.3) is 16.9 Å². The summed E-state index contributed by atoms with van der Waals surface area (Å²) in [5, 5.41) is 12.0. The van der Waals surface area contributed by atoms with Gasteiger partial charge < -0.3 is 9.77 Å². The van der Waals surface area contributed by atoms with Gasteiger partial charge in [-0.2, -0.15) is 0 Å². The Morgan fingerprint density at radius 2 is 1.69 bits per heavy atom. The van der Waals surface area contributed by atoms with Crippen molar-refractivity contribution in [1.29, 1.82) is 0 Å².